The van der Waals surface area contributed by atoms with E-state index in [0.717, 1.165) is 25.7 Å². The van der Waals surface area contributed by atoms with Crippen molar-refractivity contribution in [1.82, 2.24) is 0 Å². The van der Waals surface area contributed by atoms with Gasteiger partial charge in [0.1, 0.15) is 5.75 Å². The first-order valence-electron chi connectivity index (χ1n) is 9.89. The topological polar surface area (TPSA) is 63.7 Å². The SMILES string of the molecule is CCCCCCC(=O)Oc1ccc(N2C(=O)[C@@H]3C[C@H](Br)[C@@H](Br)C[C@H]3C2=O)cc1. The zero-order valence-corrected chi connectivity index (χ0v) is 19.1. The normalized spacial score (nSPS) is 27.0. The number of fused-ring (bicyclic) bond motifs is 1. The molecular weight excluding hydrogens is 490 g/mol. The number of carbonyl (C=O) groups is 3. The van der Waals surface area contributed by atoms with E-state index in [2.05, 4.69) is 38.8 Å². The van der Waals surface area contributed by atoms with Crippen molar-refractivity contribution in [2.45, 2.75) is 61.5 Å². The molecule has 0 radical (unpaired) electrons. The lowest BCUT2D eigenvalue weighted by molar-refractivity contribution is -0.134. The number of hydrogen-bond acceptors (Lipinski definition) is 4. The maximum absolute atomic E-state index is 12.8. The quantitative estimate of drug-likeness (QED) is 0.169. The summed E-state index contributed by atoms with van der Waals surface area (Å²) in [4.78, 5) is 39.2. The van der Waals surface area contributed by atoms with Gasteiger partial charge in [0.15, 0.2) is 0 Å². The molecule has 0 bridgehead atoms. The van der Waals surface area contributed by atoms with Gasteiger partial charge in [-0.25, -0.2) is 0 Å². The van der Waals surface area contributed by atoms with Crippen molar-refractivity contribution in [1.29, 1.82) is 0 Å². The number of benzene rings is 1. The lowest BCUT2D eigenvalue weighted by Gasteiger charge is -2.29. The van der Waals surface area contributed by atoms with Crippen LogP contribution in [0.1, 0.15) is 51.9 Å². The van der Waals surface area contributed by atoms with Gasteiger partial charge in [-0.3, -0.25) is 19.3 Å². The summed E-state index contributed by atoms with van der Waals surface area (Å²) in [5.41, 5.74) is 0.532. The monoisotopic (exact) mass is 513 g/mol. The van der Waals surface area contributed by atoms with Crippen molar-refractivity contribution < 1.29 is 19.1 Å². The second kappa shape index (κ2) is 9.53. The van der Waals surface area contributed by atoms with Crippen LogP contribution in [0.5, 0.6) is 5.75 Å². The number of imide groups is 1. The number of hydrogen-bond donors (Lipinski definition) is 0. The van der Waals surface area contributed by atoms with Crippen molar-refractivity contribution in [2.24, 2.45) is 11.8 Å². The van der Waals surface area contributed by atoms with Crippen LogP contribution in [0.4, 0.5) is 5.69 Å². The summed E-state index contributed by atoms with van der Waals surface area (Å²) in [7, 11) is 0. The molecule has 2 aliphatic rings. The second-order valence-electron chi connectivity index (χ2n) is 7.51. The maximum atomic E-state index is 12.8. The highest BCUT2D eigenvalue weighted by molar-refractivity contribution is 9.12. The minimum atomic E-state index is -0.272. The van der Waals surface area contributed by atoms with Gasteiger partial charge in [0.25, 0.3) is 0 Å². The van der Waals surface area contributed by atoms with E-state index in [0.29, 0.717) is 30.7 Å². The fourth-order valence-electron chi connectivity index (χ4n) is 3.89. The van der Waals surface area contributed by atoms with Crippen LogP contribution in [0, 0.1) is 11.8 Å². The van der Waals surface area contributed by atoms with Crippen molar-refractivity contribution >= 4 is 55.3 Å². The summed E-state index contributed by atoms with van der Waals surface area (Å²) in [5, 5.41) is 0. The van der Waals surface area contributed by atoms with Crippen LogP contribution < -0.4 is 9.64 Å². The average Bonchev–Trinajstić information content (AvgIpc) is 2.90. The molecule has 1 saturated carbocycles. The van der Waals surface area contributed by atoms with Gasteiger partial charge in [0.2, 0.25) is 11.8 Å². The van der Waals surface area contributed by atoms with Gasteiger partial charge >= 0.3 is 5.97 Å². The van der Waals surface area contributed by atoms with Crippen LogP contribution >= 0.6 is 31.9 Å². The molecule has 4 atom stereocenters. The van der Waals surface area contributed by atoms with Crippen molar-refractivity contribution in [3.8, 4) is 5.75 Å². The highest BCUT2D eigenvalue weighted by Gasteiger charge is 2.52. The smallest absolute Gasteiger partial charge is 0.311 e. The third-order valence-corrected chi connectivity index (χ3v) is 8.21. The zero-order chi connectivity index (χ0) is 20.3. The fraction of sp³-hybridized carbons (Fsp3) is 0.571. The molecule has 0 aromatic heterocycles. The molecule has 1 heterocycles. The summed E-state index contributed by atoms with van der Waals surface area (Å²) in [6.07, 6.45) is 5.79. The van der Waals surface area contributed by atoms with Gasteiger partial charge in [-0.2, -0.15) is 0 Å². The Morgan fingerprint density at radius 1 is 1.00 bits per heavy atom. The number of esters is 1. The third-order valence-electron chi connectivity index (χ3n) is 5.47. The van der Waals surface area contributed by atoms with Crippen molar-refractivity contribution in [3.05, 3.63) is 24.3 Å². The molecule has 7 heteroatoms. The first kappa shape index (κ1) is 21.5. The molecule has 1 aromatic rings. The van der Waals surface area contributed by atoms with Crippen LogP contribution in [-0.4, -0.2) is 27.4 Å². The zero-order valence-electron chi connectivity index (χ0n) is 15.9. The summed E-state index contributed by atoms with van der Waals surface area (Å²) in [6.45, 7) is 2.13. The minimum absolute atomic E-state index is 0.139. The van der Waals surface area contributed by atoms with Crippen LogP contribution in [-0.2, 0) is 14.4 Å². The number of ether oxygens (including phenoxy) is 1. The molecule has 1 saturated heterocycles. The van der Waals surface area contributed by atoms with Crippen molar-refractivity contribution in [3.63, 3.8) is 0 Å². The Morgan fingerprint density at radius 3 is 2.11 bits per heavy atom. The van der Waals surface area contributed by atoms with Crippen LogP contribution in [0.2, 0.25) is 0 Å². The highest BCUT2D eigenvalue weighted by Crippen LogP contribution is 2.44. The van der Waals surface area contributed by atoms with E-state index >= 15 is 0 Å². The highest BCUT2D eigenvalue weighted by atomic mass is 79.9. The predicted octanol–water partition coefficient (Wildman–Crippen LogP) is 4.99. The number of unbranched alkanes of at least 4 members (excludes halogenated alkanes) is 3. The average molecular weight is 515 g/mol. The van der Waals surface area contributed by atoms with Crippen LogP contribution in [0.15, 0.2) is 24.3 Å². The number of carbonyl (C=O) groups excluding carboxylic acids is 3. The number of halogens is 2. The Labute approximate surface area is 182 Å². The standard InChI is InChI=1S/C21H25Br2NO4/c1-2-3-4-5-6-19(25)28-14-9-7-13(8-10-14)24-20(26)15-11-17(22)18(23)12-16(15)21(24)27/h7-10,15-18H,2-6,11-12H2,1H3/t15-,16-,17+,18+/m1/s1. The number of amides is 2. The molecule has 28 heavy (non-hydrogen) atoms. The Kier molecular flexibility index (Phi) is 7.31. The third kappa shape index (κ3) is 4.67. The molecule has 152 valence electrons. The molecule has 1 aliphatic heterocycles. The molecular formula is C21H25Br2NO4. The summed E-state index contributed by atoms with van der Waals surface area (Å²) in [6, 6.07) is 6.62. The Hall–Kier alpha value is -1.21. The Morgan fingerprint density at radius 2 is 1.57 bits per heavy atom. The largest absolute Gasteiger partial charge is 0.427 e. The molecule has 0 N–H and O–H groups in total. The summed E-state index contributed by atoms with van der Waals surface area (Å²) >= 11 is 7.19. The van der Waals surface area contributed by atoms with Crippen LogP contribution in [0.25, 0.3) is 0 Å². The summed E-state index contributed by atoms with van der Waals surface area (Å²) < 4.78 is 5.35. The Bertz CT molecular complexity index is 708. The van der Waals surface area contributed by atoms with Gasteiger partial charge in [0.05, 0.1) is 17.5 Å². The molecule has 1 aliphatic carbocycles. The first-order valence-corrected chi connectivity index (χ1v) is 11.7. The van der Waals surface area contributed by atoms with Gasteiger partial charge in [0, 0.05) is 16.1 Å². The van der Waals surface area contributed by atoms with Crippen LogP contribution in [0.3, 0.4) is 0 Å². The molecule has 0 spiro atoms. The van der Waals surface area contributed by atoms with E-state index in [4.69, 9.17) is 4.74 Å². The lowest BCUT2D eigenvalue weighted by Crippen LogP contribution is -2.34. The number of alkyl halides is 2. The second-order valence-corrected chi connectivity index (χ2v) is 9.86. The number of nitrogens with zero attached hydrogens (tertiary/aromatic N) is 1. The lowest BCUT2D eigenvalue weighted by atomic mass is 9.81. The molecule has 1 aromatic carbocycles. The fourth-order valence-corrected chi connectivity index (χ4v) is 5.13. The molecule has 5 nitrogen and oxygen atoms in total. The number of rotatable bonds is 7. The van der Waals surface area contributed by atoms with Gasteiger partial charge in [-0.15, -0.1) is 0 Å². The van der Waals surface area contributed by atoms with Gasteiger partial charge < -0.3 is 4.74 Å². The minimum Gasteiger partial charge on any atom is -0.427 e. The Balaban J connectivity index is 1.62. The van der Waals surface area contributed by atoms with E-state index in [1.54, 1.807) is 24.3 Å². The predicted molar refractivity (Wildman–Crippen MR) is 115 cm³/mol. The van der Waals surface area contributed by atoms with Crippen molar-refractivity contribution in [2.75, 3.05) is 4.90 Å². The van der Waals surface area contributed by atoms with E-state index in [-0.39, 0.29) is 39.3 Å². The van der Waals surface area contributed by atoms with E-state index < -0.39 is 0 Å². The van der Waals surface area contributed by atoms with E-state index in [9.17, 15) is 14.4 Å². The molecule has 3 rings (SSSR count). The molecule has 0 unspecified atom stereocenters. The van der Waals surface area contributed by atoms with E-state index in [1.165, 1.54) is 4.90 Å². The molecule has 2 amide bonds. The number of anilines is 1. The first-order chi connectivity index (χ1) is 13.4. The van der Waals surface area contributed by atoms with Gasteiger partial charge in [-0.1, -0.05) is 58.0 Å². The molecule has 2 fully saturated rings. The van der Waals surface area contributed by atoms with E-state index in [1.807, 2.05) is 0 Å². The summed E-state index contributed by atoms with van der Waals surface area (Å²) in [5.74, 6) is -0.645. The van der Waals surface area contributed by atoms with Gasteiger partial charge in [-0.05, 0) is 43.5 Å². The maximum Gasteiger partial charge on any atom is 0.311 e.